The van der Waals surface area contributed by atoms with Gasteiger partial charge in [-0.3, -0.25) is 4.79 Å². The third kappa shape index (κ3) is 1.77. The Kier molecular flexibility index (Phi) is 2.54. The van der Waals surface area contributed by atoms with Crippen LogP contribution in [0, 0.1) is 0 Å². The highest BCUT2D eigenvalue weighted by atomic mass is 16.1. The van der Waals surface area contributed by atoms with Crippen molar-refractivity contribution in [3.63, 3.8) is 0 Å². The number of aliphatic imine (C=N–C) groups is 1. The van der Waals surface area contributed by atoms with E-state index in [0.717, 1.165) is 24.0 Å². The topological polar surface area (TPSA) is 55.4 Å². The van der Waals surface area contributed by atoms with Crippen molar-refractivity contribution in [1.82, 2.24) is 0 Å². The van der Waals surface area contributed by atoms with Crippen LogP contribution in [0.2, 0.25) is 0 Å². The Labute approximate surface area is 89.0 Å². The minimum absolute atomic E-state index is 0.145. The molecule has 2 rings (SSSR count). The first-order valence-electron chi connectivity index (χ1n) is 5.20. The van der Waals surface area contributed by atoms with Crippen molar-refractivity contribution < 1.29 is 4.79 Å². The van der Waals surface area contributed by atoms with Crippen LogP contribution in [0.25, 0.3) is 0 Å². The molecule has 3 nitrogen and oxygen atoms in total. The van der Waals surface area contributed by atoms with Crippen molar-refractivity contribution in [2.75, 3.05) is 0 Å². The van der Waals surface area contributed by atoms with Gasteiger partial charge in [0.05, 0.1) is 6.42 Å². The van der Waals surface area contributed by atoms with Gasteiger partial charge < -0.3 is 5.73 Å². The van der Waals surface area contributed by atoms with E-state index in [1.165, 1.54) is 5.56 Å². The molecule has 1 heterocycles. The zero-order chi connectivity index (χ0) is 10.8. The van der Waals surface area contributed by atoms with Gasteiger partial charge in [0, 0.05) is 5.56 Å². The molecule has 1 aromatic carbocycles. The van der Waals surface area contributed by atoms with Crippen molar-refractivity contribution >= 4 is 11.7 Å². The summed E-state index contributed by atoms with van der Waals surface area (Å²) in [5.41, 5.74) is 8.99. The van der Waals surface area contributed by atoms with Crippen molar-refractivity contribution in [1.29, 1.82) is 0 Å². The largest absolute Gasteiger partial charge is 0.383 e. The number of nitrogens with zero attached hydrogens (tertiary/aromatic N) is 1. The maximum atomic E-state index is 11.2. The summed E-state index contributed by atoms with van der Waals surface area (Å²) < 4.78 is 0. The van der Waals surface area contributed by atoms with Gasteiger partial charge in [-0.25, -0.2) is 0 Å². The number of rotatable bonds is 2. The van der Waals surface area contributed by atoms with E-state index < -0.39 is 0 Å². The molecule has 1 aliphatic rings. The van der Waals surface area contributed by atoms with Crippen molar-refractivity contribution in [2.24, 2.45) is 10.7 Å². The number of amides is 1. The van der Waals surface area contributed by atoms with E-state index in [0.29, 0.717) is 12.3 Å². The van der Waals surface area contributed by atoms with Crippen LogP contribution in [0.15, 0.2) is 23.2 Å². The summed E-state index contributed by atoms with van der Waals surface area (Å²) in [6.07, 6.45) is 2.43. The SMILES string of the molecule is CCCc1cccc2c1C(N)=NC(=O)C2. The van der Waals surface area contributed by atoms with E-state index in [1.807, 2.05) is 12.1 Å². The number of hydrogen-bond acceptors (Lipinski definition) is 2. The highest BCUT2D eigenvalue weighted by Gasteiger charge is 2.19. The summed E-state index contributed by atoms with van der Waals surface area (Å²) in [4.78, 5) is 15.1. The molecular weight excluding hydrogens is 188 g/mol. The highest BCUT2D eigenvalue weighted by molar-refractivity contribution is 6.09. The number of carbonyl (C=O) groups is 1. The Hall–Kier alpha value is -1.64. The standard InChI is InChI=1S/C12H14N2O/c1-2-4-8-5-3-6-9-7-10(15)14-12(13)11(8)9/h3,5-6H,2,4,7H2,1H3,(H2,13,14,15). The van der Waals surface area contributed by atoms with Gasteiger partial charge in [0.25, 0.3) is 5.91 Å². The molecule has 1 aliphatic heterocycles. The summed E-state index contributed by atoms with van der Waals surface area (Å²) in [6, 6.07) is 5.99. The maximum absolute atomic E-state index is 11.2. The van der Waals surface area contributed by atoms with Crippen molar-refractivity contribution in [3.05, 3.63) is 34.9 Å². The summed E-state index contributed by atoms with van der Waals surface area (Å²) in [7, 11) is 0. The molecule has 1 aromatic rings. The second-order valence-electron chi connectivity index (χ2n) is 3.77. The average Bonchev–Trinajstić information content (AvgIpc) is 2.17. The molecule has 0 bridgehead atoms. The molecule has 0 aliphatic carbocycles. The van der Waals surface area contributed by atoms with Crippen molar-refractivity contribution in [2.45, 2.75) is 26.2 Å². The van der Waals surface area contributed by atoms with Crippen molar-refractivity contribution in [3.8, 4) is 0 Å². The number of fused-ring (bicyclic) bond motifs is 1. The monoisotopic (exact) mass is 202 g/mol. The van der Waals surface area contributed by atoms with Crippen LogP contribution in [-0.4, -0.2) is 11.7 Å². The fourth-order valence-corrected chi connectivity index (χ4v) is 2.00. The Morgan fingerprint density at radius 1 is 1.47 bits per heavy atom. The molecule has 0 radical (unpaired) electrons. The first-order chi connectivity index (χ1) is 7.22. The lowest BCUT2D eigenvalue weighted by atomic mass is 9.93. The van der Waals surface area contributed by atoms with Gasteiger partial charge >= 0.3 is 0 Å². The number of hydrogen-bond donors (Lipinski definition) is 1. The molecule has 0 unspecified atom stereocenters. The zero-order valence-electron chi connectivity index (χ0n) is 8.79. The van der Waals surface area contributed by atoms with Crippen LogP contribution < -0.4 is 5.73 Å². The van der Waals surface area contributed by atoms with Gasteiger partial charge in [0.2, 0.25) is 0 Å². The number of amidine groups is 1. The summed E-state index contributed by atoms with van der Waals surface area (Å²) in [5.74, 6) is 0.235. The minimum atomic E-state index is -0.145. The third-order valence-electron chi connectivity index (χ3n) is 2.60. The van der Waals surface area contributed by atoms with Crippen LogP contribution in [0.5, 0.6) is 0 Å². The van der Waals surface area contributed by atoms with Crippen LogP contribution in [0.4, 0.5) is 0 Å². The molecule has 15 heavy (non-hydrogen) atoms. The molecule has 0 saturated heterocycles. The molecule has 1 amide bonds. The van der Waals surface area contributed by atoms with Crippen LogP contribution in [-0.2, 0) is 17.6 Å². The molecule has 0 saturated carbocycles. The fourth-order valence-electron chi connectivity index (χ4n) is 2.00. The van der Waals surface area contributed by atoms with E-state index in [2.05, 4.69) is 18.0 Å². The molecule has 2 N–H and O–H groups in total. The molecule has 78 valence electrons. The quantitative estimate of drug-likeness (QED) is 0.788. The lowest BCUT2D eigenvalue weighted by molar-refractivity contribution is -0.117. The van der Waals surface area contributed by atoms with Gasteiger partial charge in [-0.1, -0.05) is 31.5 Å². The van der Waals surface area contributed by atoms with Crippen LogP contribution in [0.3, 0.4) is 0 Å². The highest BCUT2D eigenvalue weighted by Crippen LogP contribution is 2.20. The number of aryl methyl sites for hydroxylation is 1. The second kappa shape index (κ2) is 3.85. The van der Waals surface area contributed by atoms with Gasteiger partial charge in [-0.15, -0.1) is 0 Å². The Balaban J connectivity index is 2.53. The van der Waals surface area contributed by atoms with E-state index in [4.69, 9.17) is 5.73 Å². The number of carbonyl (C=O) groups excluding carboxylic acids is 1. The van der Waals surface area contributed by atoms with Gasteiger partial charge in [0.1, 0.15) is 5.84 Å². The summed E-state index contributed by atoms with van der Waals surface area (Å²) >= 11 is 0. The van der Waals surface area contributed by atoms with Gasteiger partial charge in [-0.05, 0) is 17.5 Å². The predicted molar refractivity (Wildman–Crippen MR) is 59.9 cm³/mol. The third-order valence-corrected chi connectivity index (χ3v) is 2.60. The second-order valence-corrected chi connectivity index (χ2v) is 3.77. The van der Waals surface area contributed by atoms with Crippen LogP contribution in [0.1, 0.15) is 30.0 Å². The first kappa shape index (κ1) is 9.90. The fraction of sp³-hybridized carbons (Fsp3) is 0.333. The molecule has 0 spiro atoms. The van der Waals surface area contributed by atoms with Gasteiger partial charge in [0.15, 0.2) is 0 Å². The number of nitrogens with two attached hydrogens (primary N) is 1. The van der Waals surface area contributed by atoms with E-state index in [1.54, 1.807) is 0 Å². The van der Waals surface area contributed by atoms with Crippen LogP contribution >= 0.6 is 0 Å². The Bertz CT molecular complexity index is 435. The molecule has 0 atom stereocenters. The maximum Gasteiger partial charge on any atom is 0.252 e. The Morgan fingerprint density at radius 2 is 2.27 bits per heavy atom. The summed E-state index contributed by atoms with van der Waals surface area (Å²) in [6.45, 7) is 2.13. The predicted octanol–water partition coefficient (Wildman–Crippen LogP) is 1.43. The van der Waals surface area contributed by atoms with E-state index in [-0.39, 0.29) is 5.91 Å². The normalized spacial score (nSPS) is 14.7. The molecule has 0 fully saturated rings. The molecular formula is C12H14N2O. The summed E-state index contributed by atoms with van der Waals surface area (Å²) in [5, 5.41) is 0. The minimum Gasteiger partial charge on any atom is -0.383 e. The lowest BCUT2D eigenvalue weighted by Gasteiger charge is -2.16. The zero-order valence-corrected chi connectivity index (χ0v) is 8.79. The van der Waals surface area contributed by atoms with E-state index >= 15 is 0 Å². The smallest absolute Gasteiger partial charge is 0.252 e. The first-order valence-corrected chi connectivity index (χ1v) is 5.20. The van der Waals surface area contributed by atoms with Gasteiger partial charge in [-0.2, -0.15) is 4.99 Å². The van der Waals surface area contributed by atoms with E-state index in [9.17, 15) is 4.79 Å². The number of benzene rings is 1. The lowest BCUT2D eigenvalue weighted by Crippen LogP contribution is -2.25. The average molecular weight is 202 g/mol. The molecule has 3 heteroatoms. The Morgan fingerprint density at radius 3 is 3.00 bits per heavy atom. The molecule has 0 aromatic heterocycles.